The van der Waals surface area contributed by atoms with E-state index in [1.165, 1.54) is 0 Å². The van der Waals surface area contributed by atoms with Gasteiger partial charge in [-0.3, -0.25) is 4.63 Å². The van der Waals surface area contributed by atoms with E-state index in [9.17, 15) is 0 Å². The Balaban J connectivity index is 1.75. The minimum atomic E-state index is 0.662. The number of rotatable bonds is 2. The third-order valence-corrected chi connectivity index (χ3v) is 3.95. The first-order valence-corrected chi connectivity index (χ1v) is 7.23. The van der Waals surface area contributed by atoms with E-state index in [2.05, 4.69) is 38.3 Å². The number of nitrogens with one attached hydrogen (secondary N) is 1. The van der Waals surface area contributed by atoms with Crippen molar-refractivity contribution in [3.8, 4) is 17.1 Å². The zero-order chi connectivity index (χ0) is 15.2. The average Bonchev–Trinajstić information content (AvgIpc) is 3.04. The molecule has 0 saturated heterocycles. The van der Waals surface area contributed by atoms with Crippen molar-refractivity contribution in [3.05, 3.63) is 61.1 Å². The van der Waals surface area contributed by atoms with E-state index < -0.39 is 0 Å². The van der Waals surface area contributed by atoms with Crippen LogP contribution < -0.4 is 0 Å². The Kier molecular flexibility index (Phi) is 2.40. The second-order valence-electron chi connectivity index (χ2n) is 5.25. The van der Waals surface area contributed by atoms with E-state index in [4.69, 9.17) is 4.63 Å². The highest BCUT2D eigenvalue weighted by Crippen LogP contribution is 2.30. The van der Waals surface area contributed by atoms with Gasteiger partial charge in [-0.25, -0.2) is 9.97 Å². The Labute approximate surface area is 130 Å². The van der Waals surface area contributed by atoms with Gasteiger partial charge in [-0.05, 0) is 22.7 Å². The molecular formula is C17H11N5O. The van der Waals surface area contributed by atoms with E-state index in [0.29, 0.717) is 5.65 Å². The quantitative estimate of drug-likeness (QED) is 0.541. The van der Waals surface area contributed by atoms with Crippen molar-refractivity contribution in [1.29, 1.82) is 0 Å². The highest BCUT2D eigenvalue weighted by Gasteiger charge is 2.19. The number of hydrogen-bond acceptors (Lipinski definition) is 4. The molecule has 5 rings (SSSR count). The predicted octanol–water partition coefficient (Wildman–Crippen LogP) is 3.56. The summed E-state index contributed by atoms with van der Waals surface area (Å²) in [6, 6.07) is 16.2. The number of aromatic amines is 1. The van der Waals surface area contributed by atoms with Gasteiger partial charge in [0.15, 0.2) is 5.65 Å². The lowest BCUT2D eigenvalue weighted by Gasteiger charge is -2.14. The summed E-state index contributed by atoms with van der Waals surface area (Å²) in [6.07, 6.45) is 3.35. The van der Waals surface area contributed by atoms with E-state index in [1.54, 1.807) is 17.3 Å². The van der Waals surface area contributed by atoms with Crippen LogP contribution in [0.5, 0.6) is 0 Å². The maximum Gasteiger partial charge on any atom is 0.223 e. The van der Waals surface area contributed by atoms with Crippen LogP contribution in [0.15, 0.2) is 65.7 Å². The molecule has 0 atom stereocenters. The van der Waals surface area contributed by atoms with Crippen LogP contribution in [0.1, 0.15) is 0 Å². The van der Waals surface area contributed by atoms with Crippen LogP contribution in [0.4, 0.5) is 0 Å². The Morgan fingerprint density at radius 3 is 2.78 bits per heavy atom. The van der Waals surface area contributed by atoms with Crippen molar-refractivity contribution in [2.45, 2.75) is 0 Å². The van der Waals surface area contributed by atoms with Gasteiger partial charge in [-0.2, -0.15) is 0 Å². The van der Waals surface area contributed by atoms with Gasteiger partial charge in [-0.15, -0.1) is 4.74 Å². The Morgan fingerprint density at radius 1 is 0.957 bits per heavy atom. The van der Waals surface area contributed by atoms with Gasteiger partial charge in [0.2, 0.25) is 5.82 Å². The molecule has 0 saturated carbocycles. The van der Waals surface area contributed by atoms with Crippen molar-refractivity contribution < 1.29 is 4.63 Å². The number of imidazole rings is 1. The lowest BCUT2D eigenvalue weighted by Crippen LogP contribution is -2.09. The summed E-state index contributed by atoms with van der Waals surface area (Å²) in [7, 11) is 0. The molecule has 0 aliphatic carbocycles. The summed E-state index contributed by atoms with van der Waals surface area (Å²) in [4.78, 5) is 11.5. The van der Waals surface area contributed by atoms with Crippen molar-refractivity contribution in [3.63, 3.8) is 0 Å². The van der Waals surface area contributed by atoms with E-state index in [0.717, 1.165) is 33.4 Å². The molecule has 3 aromatic heterocycles. The van der Waals surface area contributed by atoms with Crippen molar-refractivity contribution in [2.75, 3.05) is 0 Å². The minimum absolute atomic E-state index is 0.662. The molecule has 6 nitrogen and oxygen atoms in total. The maximum atomic E-state index is 5.38. The number of hydrogen-bond donors (Lipinski definition) is 1. The fourth-order valence-electron chi connectivity index (χ4n) is 2.86. The normalized spacial score (nSPS) is 11.5. The number of aromatic nitrogens is 5. The zero-order valence-electron chi connectivity index (χ0n) is 12.0. The summed E-state index contributed by atoms with van der Waals surface area (Å²) in [6.45, 7) is 0. The molecule has 0 bridgehead atoms. The molecule has 0 amide bonds. The van der Waals surface area contributed by atoms with Crippen LogP contribution in [-0.4, -0.2) is 24.8 Å². The topological polar surface area (TPSA) is 72.5 Å². The molecule has 2 aromatic carbocycles. The lowest BCUT2D eigenvalue weighted by molar-refractivity contribution is 0.177. The maximum absolute atomic E-state index is 5.38. The van der Waals surface area contributed by atoms with Gasteiger partial charge in [0, 0.05) is 11.6 Å². The molecule has 3 heterocycles. The summed E-state index contributed by atoms with van der Waals surface area (Å²) in [5, 5.41) is 6.36. The monoisotopic (exact) mass is 301 g/mol. The summed E-state index contributed by atoms with van der Waals surface area (Å²) in [5.74, 6) is 0.734. The van der Waals surface area contributed by atoms with Crippen molar-refractivity contribution in [1.82, 2.24) is 24.8 Å². The van der Waals surface area contributed by atoms with Gasteiger partial charge in [-0.1, -0.05) is 36.4 Å². The first-order chi connectivity index (χ1) is 11.4. The largest absolute Gasteiger partial charge is 0.343 e. The van der Waals surface area contributed by atoms with Crippen LogP contribution in [0.25, 0.3) is 39.0 Å². The molecule has 23 heavy (non-hydrogen) atoms. The molecule has 5 aromatic rings. The third kappa shape index (κ3) is 1.72. The summed E-state index contributed by atoms with van der Waals surface area (Å²) < 4.78 is 7.12. The average molecular weight is 301 g/mol. The fourth-order valence-corrected chi connectivity index (χ4v) is 2.86. The SMILES string of the molecule is c1ccc2c(-n3onc3-c3ccnc4nc[nH]c34)cccc2c1. The second-order valence-corrected chi connectivity index (χ2v) is 5.25. The van der Waals surface area contributed by atoms with Crippen molar-refractivity contribution >= 4 is 21.9 Å². The molecule has 0 fully saturated rings. The fraction of sp³-hybridized carbons (Fsp3) is 0. The molecule has 110 valence electrons. The number of fused-ring (bicyclic) bond motifs is 2. The van der Waals surface area contributed by atoms with E-state index in [1.807, 2.05) is 30.3 Å². The highest BCUT2D eigenvalue weighted by molar-refractivity contribution is 5.92. The summed E-state index contributed by atoms with van der Waals surface area (Å²) in [5.41, 5.74) is 3.37. The van der Waals surface area contributed by atoms with E-state index >= 15 is 0 Å². The van der Waals surface area contributed by atoms with Crippen LogP contribution in [0.3, 0.4) is 0 Å². The molecule has 0 unspecified atom stereocenters. The second kappa shape index (κ2) is 4.54. The van der Waals surface area contributed by atoms with Crippen LogP contribution in [-0.2, 0) is 0 Å². The molecule has 1 N–H and O–H groups in total. The van der Waals surface area contributed by atoms with E-state index in [-0.39, 0.29) is 0 Å². The van der Waals surface area contributed by atoms with Gasteiger partial charge < -0.3 is 4.98 Å². The van der Waals surface area contributed by atoms with Gasteiger partial charge >= 0.3 is 0 Å². The lowest BCUT2D eigenvalue weighted by atomic mass is 10.1. The number of pyridine rings is 1. The molecule has 0 spiro atoms. The Bertz CT molecular complexity index is 1130. The smallest absolute Gasteiger partial charge is 0.223 e. The van der Waals surface area contributed by atoms with Crippen LogP contribution in [0.2, 0.25) is 0 Å². The highest BCUT2D eigenvalue weighted by atomic mass is 16.6. The van der Waals surface area contributed by atoms with Gasteiger partial charge in [0.25, 0.3) is 0 Å². The van der Waals surface area contributed by atoms with Crippen LogP contribution >= 0.6 is 0 Å². The first-order valence-electron chi connectivity index (χ1n) is 7.23. The Hall–Kier alpha value is -3.41. The molecular weight excluding hydrogens is 290 g/mol. The molecule has 6 heteroatoms. The molecule has 0 radical (unpaired) electrons. The molecule has 0 aliphatic rings. The summed E-state index contributed by atoms with van der Waals surface area (Å²) >= 11 is 0. The zero-order valence-corrected chi connectivity index (χ0v) is 12.0. The number of nitrogens with zero attached hydrogens (tertiary/aromatic N) is 4. The first kappa shape index (κ1) is 12.2. The third-order valence-electron chi connectivity index (χ3n) is 3.95. The number of benzene rings is 2. The standard InChI is InChI=1S/C17H11N5O/c1-2-6-12-11(4-1)5-3-7-14(12)22-17(21-23-22)13-8-9-18-16-15(13)19-10-20-16/h1-10H,(H,18,19,20). The minimum Gasteiger partial charge on any atom is -0.343 e. The number of H-pyrrole nitrogens is 1. The van der Waals surface area contributed by atoms with Crippen molar-refractivity contribution in [2.24, 2.45) is 0 Å². The molecule has 0 aliphatic heterocycles. The van der Waals surface area contributed by atoms with Crippen LogP contribution in [0, 0.1) is 0 Å². The van der Waals surface area contributed by atoms with Gasteiger partial charge in [0.05, 0.1) is 23.1 Å². The predicted molar refractivity (Wildman–Crippen MR) is 86.2 cm³/mol. The Morgan fingerprint density at radius 2 is 1.87 bits per heavy atom. The van der Waals surface area contributed by atoms with Gasteiger partial charge in [0.1, 0.15) is 0 Å².